The highest BCUT2D eigenvalue weighted by molar-refractivity contribution is 5.67. The SMILES string of the molecule is CCCCCCc1ccc(OC(=O)Oc2c(F)c(F)c(F)c(F)c2F)cc1. The second-order valence-corrected chi connectivity index (χ2v) is 5.81. The van der Waals surface area contributed by atoms with E-state index in [0.717, 1.165) is 37.7 Å². The summed E-state index contributed by atoms with van der Waals surface area (Å²) in [5, 5.41) is 0. The maximum absolute atomic E-state index is 13.5. The van der Waals surface area contributed by atoms with Crippen molar-refractivity contribution in [2.75, 3.05) is 0 Å². The van der Waals surface area contributed by atoms with Crippen molar-refractivity contribution < 1.29 is 36.2 Å². The molecule has 0 aliphatic carbocycles. The Morgan fingerprint density at radius 1 is 0.778 bits per heavy atom. The monoisotopic (exact) mass is 388 g/mol. The van der Waals surface area contributed by atoms with Crippen LogP contribution in [0.15, 0.2) is 24.3 Å². The summed E-state index contributed by atoms with van der Waals surface area (Å²) < 4.78 is 74.9. The summed E-state index contributed by atoms with van der Waals surface area (Å²) in [6.07, 6.45) is 3.59. The number of unbranched alkanes of at least 4 members (excludes halogenated alkanes) is 3. The first-order valence-electron chi connectivity index (χ1n) is 8.35. The number of rotatable bonds is 7. The maximum Gasteiger partial charge on any atom is 0.519 e. The minimum Gasteiger partial charge on any atom is -0.395 e. The molecule has 2 rings (SSSR count). The molecule has 27 heavy (non-hydrogen) atoms. The zero-order chi connectivity index (χ0) is 20.0. The molecule has 0 unspecified atom stereocenters. The van der Waals surface area contributed by atoms with Crippen LogP contribution in [0.2, 0.25) is 0 Å². The van der Waals surface area contributed by atoms with Gasteiger partial charge in [0, 0.05) is 0 Å². The van der Waals surface area contributed by atoms with Crippen LogP contribution in [0.25, 0.3) is 0 Å². The van der Waals surface area contributed by atoms with Crippen LogP contribution in [0, 0.1) is 29.1 Å². The zero-order valence-corrected chi connectivity index (χ0v) is 14.5. The molecule has 2 aromatic rings. The average Bonchev–Trinajstić information content (AvgIpc) is 2.67. The van der Waals surface area contributed by atoms with Gasteiger partial charge in [-0.05, 0) is 30.5 Å². The Kier molecular flexibility index (Phi) is 7.15. The van der Waals surface area contributed by atoms with Crippen LogP contribution in [0.1, 0.15) is 38.2 Å². The summed E-state index contributed by atoms with van der Waals surface area (Å²) in [5.41, 5.74) is 1.01. The largest absolute Gasteiger partial charge is 0.519 e. The zero-order valence-electron chi connectivity index (χ0n) is 14.5. The van der Waals surface area contributed by atoms with Gasteiger partial charge in [0.2, 0.25) is 34.8 Å². The number of carbonyl (C=O) groups is 1. The highest BCUT2D eigenvalue weighted by atomic mass is 19.2. The lowest BCUT2D eigenvalue weighted by atomic mass is 10.1. The van der Waals surface area contributed by atoms with Crippen LogP contribution >= 0.6 is 0 Å². The highest BCUT2D eigenvalue weighted by Gasteiger charge is 2.29. The number of carbonyl (C=O) groups excluding carboxylic acids is 1. The van der Waals surface area contributed by atoms with Crippen molar-refractivity contribution in [2.24, 2.45) is 0 Å². The third kappa shape index (κ3) is 5.18. The predicted molar refractivity (Wildman–Crippen MR) is 87.2 cm³/mol. The van der Waals surface area contributed by atoms with E-state index in [1.165, 1.54) is 12.1 Å². The quantitative estimate of drug-likeness (QED) is 0.144. The Bertz CT molecular complexity index is 777. The summed E-state index contributed by atoms with van der Waals surface area (Å²) in [6, 6.07) is 6.28. The summed E-state index contributed by atoms with van der Waals surface area (Å²) in [4.78, 5) is 11.6. The van der Waals surface area contributed by atoms with Gasteiger partial charge in [0.1, 0.15) is 5.75 Å². The number of hydrogen-bond donors (Lipinski definition) is 0. The van der Waals surface area contributed by atoms with E-state index in [9.17, 15) is 26.7 Å². The topological polar surface area (TPSA) is 35.5 Å². The molecule has 146 valence electrons. The van der Waals surface area contributed by atoms with Gasteiger partial charge in [-0.15, -0.1) is 0 Å². The molecule has 0 saturated carbocycles. The first-order chi connectivity index (χ1) is 12.8. The lowest BCUT2D eigenvalue weighted by molar-refractivity contribution is 0.146. The van der Waals surface area contributed by atoms with Crippen molar-refractivity contribution in [3.8, 4) is 11.5 Å². The van der Waals surface area contributed by atoms with Gasteiger partial charge in [0.15, 0.2) is 0 Å². The van der Waals surface area contributed by atoms with E-state index in [1.54, 1.807) is 12.1 Å². The smallest absolute Gasteiger partial charge is 0.395 e. The summed E-state index contributed by atoms with van der Waals surface area (Å²) >= 11 is 0. The minimum absolute atomic E-state index is 0.00109. The van der Waals surface area contributed by atoms with Gasteiger partial charge in [0.25, 0.3) is 0 Å². The van der Waals surface area contributed by atoms with Crippen LogP contribution in [0.4, 0.5) is 26.7 Å². The van der Waals surface area contributed by atoms with E-state index in [2.05, 4.69) is 11.7 Å². The molecule has 3 nitrogen and oxygen atoms in total. The minimum atomic E-state index is -2.35. The molecular weight excluding hydrogens is 371 g/mol. The van der Waals surface area contributed by atoms with Crippen LogP contribution in [0.5, 0.6) is 11.5 Å². The molecule has 0 fully saturated rings. The lowest BCUT2D eigenvalue weighted by Gasteiger charge is -2.09. The number of ether oxygens (including phenoxy) is 2. The molecule has 0 heterocycles. The normalized spacial score (nSPS) is 10.7. The molecule has 0 radical (unpaired) electrons. The molecule has 0 aliphatic heterocycles. The number of benzene rings is 2. The molecule has 8 heteroatoms. The third-order valence-electron chi connectivity index (χ3n) is 3.80. The van der Waals surface area contributed by atoms with Crippen molar-refractivity contribution in [1.82, 2.24) is 0 Å². The molecular formula is C19H17F5O3. The van der Waals surface area contributed by atoms with Crippen LogP contribution in [-0.2, 0) is 6.42 Å². The second-order valence-electron chi connectivity index (χ2n) is 5.81. The summed E-state index contributed by atoms with van der Waals surface area (Å²) in [5.74, 6) is -13.0. The molecule has 0 bridgehead atoms. The van der Waals surface area contributed by atoms with E-state index in [1.807, 2.05) is 0 Å². The lowest BCUT2D eigenvalue weighted by Crippen LogP contribution is -2.17. The summed E-state index contributed by atoms with van der Waals surface area (Å²) in [6.45, 7) is 2.11. The molecule has 0 amide bonds. The van der Waals surface area contributed by atoms with Crippen molar-refractivity contribution in [3.63, 3.8) is 0 Å². The van der Waals surface area contributed by atoms with Gasteiger partial charge in [-0.3, -0.25) is 0 Å². The van der Waals surface area contributed by atoms with Gasteiger partial charge in [-0.1, -0.05) is 38.3 Å². The Labute approximate surface area is 152 Å². The van der Waals surface area contributed by atoms with Gasteiger partial charge in [-0.25, -0.2) is 18.0 Å². The summed E-state index contributed by atoms with van der Waals surface area (Å²) in [7, 11) is 0. The molecule has 0 aromatic heterocycles. The van der Waals surface area contributed by atoms with E-state index in [0.29, 0.717) is 0 Å². The molecule has 2 aromatic carbocycles. The molecule has 0 aliphatic rings. The first kappa shape index (κ1) is 20.7. The maximum atomic E-state index is 13.5. The number of aryl methyl sites for hydroxylation is 1. The third-order valence-corrected chi connectivity index (χ3v) is 3.80. The van der Waals surface area contributed by atoms with Gasteiger partial charge >= 0.3 is 6.16 Å². The standard InChI is InChI=1S/C19H17F5O3/c1-2-3-4-5-6-11-7-9-12(10-8-11)26-19(25)27-18-16(23)14(21)13(20)15(22)17(18)24/h7-10H,2-6H2,1H3. The first-order valence-corrected chi connectivity index (χ1v) is 8.35. The van der Waals surface area contributed by atoms with Crippen LogP contribution in [-0.4, -0.2) is 6.16 Å². The Morgan fingerprint density at radius 2 is 1.33 bits per heavy atom. The van der Waals surface area contributed by atoms with E-state index in [4.69, 9.17) is 4.74 Å². The fourth-order valence-electron chi connectivity index (χ4n) is 2.35. The molecule has 0 N–H and O–H groups in total. The fraction of sp³-hybridized carbons (Fsp3) is 0.316. The van der Waals surface area contributed by atoms with Gasteiger partial charge in [0.05, 0.1) is 0 Å². The second kappa shape index (κ2) is 9.34. The Hall–Kier alpha value is -2.64. The van der Waals surface area contributed by atoms with E-state index >= 15 is 0 Å². The Balaban J connectivity index is 2.00. The van der Waals surface area contributed by atoms with Gasteiger partial charge in [-0.2, -0.15) is 8.78 Å². The van der Waals surface area contributed by atoms with Crippen molar-refractivity contribution in [2.45, 2.75) is 39.0 Å². The van der Waals surface area contributed by atoms with E-state index < -0.39 is 41.0 Å². The van der Waals surface area contributed by atoms with E-state index in [-0.39, 0.29) is 5.75 Å². The van der Waals surface area contributed by atoms with Crippen molar-refractivity contribution >= 4 is 6.16 Å². The molecule has 0 spiro atoms. The predicted octanol–water partition coefficient (Wildman–Crippen LogP) is 6.08. The average molecular weight is 388 g/mol. The molecule has 0 saturated heterocycles. The van der Waals surface area contributed by atoms with Gasteiger partial charge < -0.3 is 9.47 Å². The number of hydrogen-bond acceptors (Lipinski definition) is 3. The van der Waals surface area contributed by atoms with Crippen molar-refractivity contribution in [3.05, 3.63) is 58.9 Å². The fourth-order valence-corrected chi connectivity index (χ4v) is 2.35. The number of halogens is 5. The van der Waals surface area contributed by atoms with Crippen LogP contribution in [0.3, 0.4) is 0 Å². The highest BCUT2D eigenvalue weighted by Crippen LogP contribution is 2.29. The molecule has 0 atom stereocenters. The van der Waals surface area contributed by atoms with Crippen molar-refractivity contribution in [1.29, 1.82) is 0 Å². The van der Waals surface area contributed by atoms with Crippen LogP contribution < -0.4 is 9.47 Å². The Morgan fingerprint density at radius 3 is 1.89 bits per heavy atom.